The van der Waals surface area contributed by atoms with E-state index < -0.39 is 5.60 Å². The molecule has 1 aliphatic rings. The van der Waals surface area contributed by atoms with Gasteiger partial charge in [-0.2, -0.15) is 5.01 Å². The first-order valence-corrected chi connectivity index (χ1v) is 6.57. The van der Waals surface area contributed by atoms with Gasteiger partial charge in [-0.1, -0.05) is 17.4 Å². The fraction of sp³-hybridized carbons (Fsp3) is 0.357. The van der Waals surface area contributed by atoms with Crippen LogP contribution in [-0.2, 0) is 10.3 Å². The van der Waals surface area contributed by atoms with Crippen LogP contribution in [0.1, 0.15) is 19.4 Å². The van der Waals surface area contributed by atoms with E-state index in [-0.39, 0.29) is 19.0 Å². The molecule has 0 radical (unpaired) electrons. The highest BCUT2D eigenvalue weighted by Gasteiger charge is 2.24. The molecule has 112 valence electrons. The molecule has 1 aliphatic heterocycles. The van der Waals surface area contributed by atoms with Crippen LogP contribution in [0, 0.1) is 5.41 Å². The summed E-state index contributed by atoms with van der Waals surface area (Å²) in [5.74, 6) is 0.140. The molecule has 1 heterocycles. The largest absolute Gasteiger partial charge is 0.403 e. The molecule has 0 spiro atoms. The van der Waals surface area contributed by atoms with Gasteiger partial charge >= 0.3 is 0 Å². The summed E-state index contributed by atoms with van der Waals surface area (Å²) in [5, 5.41) is 25.9. The van der Waals surface area contributed by atoms with Crippen LogP contribution in [0.5, 0.6) is 0 Å². The van der Waals surface area contributed by atoms with Crippen molar-refractivity contribution in [2.45, 2.75) is 19.4 Å². The summed E-state index contributed by atoms with van der Waals surface area (Å²) in [7, 11) is 0. The average Bonchev–Trinajstić information content (AvgIpc) is 2.86. The summed E-state index contributed by atoms with van der Waals surface area (Å²) in [6, 6.07) is 7.48. The molecule has 0 amide bonds. The van der Waals surface area contributed by atoms with E-state index in [1.807, 2.05) is 38.1 Å². The molecular weight excluding hydrogens is 270 g/mol. The third kappa shape index (κ3) is 3.09. The maximum atomic E-state index is 8.85. The van der Waals surface area contributed by atoms with Crippen LogP contribution < -0.4 is 10.7 Å². The Balaban J connectivity index is 2.17. The Bertz CT molecular complexity index is 578. The second kappa shape index (κ2) is 6.02. The van der Waals surface area contributed by atoms with Gasteiger partial charge in [0.1, 0.15) is 5.70 Å². The van der Waals surface area contributed by atoms with E-state index in [1.165, 1.54) is 11.2 Å². The Morgan fingerprint density at radius 2 is 2.05 bits per heavy atom. The number of hydrogen-bond donors (Lipinski definition) is 3. The van der Waals surface area contributed by atoms with Crippen molar-refractivity contribution >= 4 is 11.5 Å². The van der Waals surface area contributed by atoms with Crippen molar-refractivity contribution in [3.05, 3.63) is 41.7 Å². The van der Waals surface area contributed by atoms with E-state index in [2.05, 4.69) is 10.3 Å². The van der Waals surface area contributed by atoms with Crippen molar-refractivity contribution in [1.29, 1.82) is 5.41 Å². The van der Waals surface area contributed by atoms with Crippen molar-refractivity contribution in [1.82, 2.24) is 0 Å². The Kier molecular flexibility index (Phi) is 4.35. The Hall–Kier alpha value is -2.25. The number of aliphatic hydroxyl groups is 1. The fourth-order valence-corrected chi connectivity index (χ4v) is 1.97. The zero-order valence-corrected chi connectivity index (χ0v) is 12.1. The standard InChI is InChI=1S/C14H19N5O2/c1-14(2,21-8-7-20)10-3-5-11(6-4-10)19-13(16)12(9-15)17-18-19/h3-6,9,16,20H,7-8,15H2,1-2H3/b12-9+,16-13?. The van der Waals surface area contributed by atoms with Gasteiger partial charge in [-0.3, -0.25) is 5.41 Å². The van der Waals surface area contributed by atoms with Crippen LogP contribution in [0.2, 0.25) is 0 Å². The third-order valence-corrected chi connectivity index (χ3v) is 3.22. The van der Waals surface area contributed by atoms with Crippen LogP contribution in [0.4, 0.5) is 5.69 Å². The molecule has 21 heavy (non-hydrogen) atoms. The number of anilines is 1. The van der Waals surface area contributed by atoms with Crippen molar-refractivity contribution in [2.75, 3.05) is 18.2 Å². The topological polar surface area (TPSA) is 107 Å². The minimum absolute atomic E-state index is 0.0129. The molecule has 2 rings (SSSR count). The third-order valence-electron chi connectivity index (χ3n) is 3.22. The van der Waals surface area contributed by atoms with Crippen molar-refractivity contribution in [3.63, 3.8) is 0 Å². The predicted octanol–water partition coefficient (Wildman–Crippen LogP) is 1.90. The Morgan fingerprint density at radius 3 is 2.57 bits per heavy atom. The monoisotopic (exact) mass is 289 g/mol. The van der Waals surface area contributed by atoms with Gasteiger partial charge in [0.2, 0.25) is 0 Å². The van der Waals surface area contributed by atoms with Gasteiger partial charge in [0.05, 0.1) is 24.5 Å². The van der Waals surface area contributed by atoms with Crippen LogP contribution in [0.25, 0.3) is 0 Å². The molecule has 0 saturated heterocycles. The predicted molar refractivity (Wildman–Crippen MR) is 79.8 cm³/mol. The quantitative estimate of drug-likeness (QED) is 0.769. The number of nitrogens with two attached hydrogens (primary N) is 1. The Morgan fingerprint density at radius 1 is 1.38 bits per heavy atom. The summed E-state index contributed by atoms with van der Waals surface area (Å²) in [4.78, 5) is 0. The molecule has 0 saturated carbocycles. The normalized spacial score (nSPS) is 17.0. The molecule has 0 aromatic heterocycles. The SMILES string of the molecule is CC(C)(OCCO)c1ccc(N2N=N/C(=C/N)C2=N)cc1. The van der Waals surface area contributed by atoms with Gasteiger partial charge in [0, 0.05) is 6.20 Å². The highest BCUT2D eigenvalue weighted by Crippen LogP contribution is 2.29. The highest BCUT2D eigenvalue weighted by atomic mass is 16.5. The number of hydrogen-bond acceptors (Lipinski definition) is 6. The van der Waals surface area contributed by atoms with Crippen LogP contribution in [-0.4, -0.2) is 24.2 Å². The first-order valence-electron chi connectivity index (χ1n) is 6.57. The Labute approximate surface area is 123 Å². The highest BCUT2D eigenvalue weighted by molar-refractivity contribution is 6.08. The molecule has 0 atom stereocenters. The van der Waals surface area contributed by atoms with Crippen LogP contribution >= 0.6 is 0 Å². The minimum Gasteiger partial charge on any atom is -0.403 e. The molecule has 1 aromatic rings. The van der Waals surface area contributed by atoms with Gasteiger partial charge < -0.3 is 15.6 Å². The maximum absolute atomic E-state index is 8.85. The molecule has 7 nitrogen and oxygen atoms in total. The van der Waals surface area contributed by atoms with E-state index in [4.69, 9.17) is 21.0 Å². The minimum atomic E-state index is -0.496. The lowest BCUT2D eigenvalue weighted by Gasteiger charge is -2.26. The fourth-order valence-electron chi connectivity index (χ4n) is 1.97. The van der Waals surface area contributed by atoms with Crippen molar-refractivity contribution in [3.8, 4) is 0 Å². The number of benzene rings is 1. The lowest BCUT2D eigenvalue weighted by Crippen LogP contribution is -2.24. The summed E-state index contributed by atoms with van der Waals surface area (Å²) >= 11 is 0. The van der Waals surface area contributed by atoms with Gasteiger partial charge in [-0.25, -0.2) is 0 Å². The number of nitrogens with one attached hydrogen (secondary N) is 1. The van der Waals surface area contributed by atoms with E-state index in [9.17, 15) is 0 Å². The molecular formula is C14H19N5O2. The smallest absolute Gasteiger partial charge is 0.177 e. The molecule has 1 aromatic carbocycles. The number of rotatable bonds is 5. The molecule has 7 heteroatoms. The number of ether oxygens (including phenoxy) is 1. The summed E-state index contributed by atoms with van der Waals surface area (Å²) < 4.78 is 5.61. The van der Waals surface area contributed by atoms with Crippen LogP contribution in [0.3, 0.4) is 0 Å². The van der Waals surface area contributed by atoms with E-state index in [1.54, 1.807) is 0 Å². The second-order valence-corrected chi connectivity index (χ2v) is 5.03. The summed E-state index contributed by atoms with van der Waals surface area (Å²) in [6.45, 7) is 4.14. The zero-order chi connectivity index (χ0) is 15.5. The zero-order valence-electron chi connectivity index (χ0n) is 12.1. The average molecular weight is 289 g/mol. The van der Waals surface area contributed by atoms with Gasteiger partial charge in [-0.15, -0.1) is 5.11 Å². The summed E-state index contributed by atoms with van der Waals surface area (Å²) in [5.41, 5.74) is 6.91. The number of nitrogens with zero attached hydrogens (tertiary/aromatic N) is 3. The van der Waals surface area contributed by atoms with Gasteiger partial charge in [0.15, 0.2) is 5.84 Å². The lowest BCUT2D eigenvalue weighted by molar-refractivity contribution is -0.0369. The maximum Gasteiger partial charge on any atom is 0.177 e. The van der Waals surface area contributed by atoms with E-state index in [0.717, 1.165) is 11.3 Å². The van der Waals surface area contributed by atoms with Crippen LogP contribution in [0.15, 0.2) is 46.5 Å². The van der Waals surface area contributed by atoms with E-state index in [0.29, 0.717) is 5.70 Å². The van der Waals surface area contributed by atoms with E-state index >= 15 is 0 Å². The first-order chi connectivity index (χ1) is 9.99. The molecule has 0 fully saturated rings. The number of amidine groups is 1. The van der Waals surface area contributed by atoms with Gasteiger partial charge in [-0.05, 0) is 31.5 Å². The number of aliphatic hydroxyl groups excluding tert-OH is 1. The second-order valence-electron chi connectivity index (χ2n) is 5.03. The molecule has 0 bridgehead atoms. The molecule has 4 N–H and O–H groups in total. The van der Waals surface area contributed by atoms with Crippen molar-refractivity contribution in [2.24, 2.45) is 16.1 Å². The van der Waals surface area contributed by atoms with Crippen molar-refractivity contribution < 1.29 is 9.84 Å². The lowest BCUT2D eigenvalue weighted by atomic mass is 9.98. The molecule has 0 unspecified atom stereocenters. The molecule has 0 aliphatic carbocycles. The summed E-state index contributed by atoms with van der Waals surface area (Å²) in [6.07, 6.45) is 1.26. The first kappa shape index (κ1) is 15.1. The van der Waals surface area contributed by atoms with Gasteiger partial charge in [0.25, 0.3) is 0 Å².